The van der Waals surface area contributed by atoms with E-state index in [0.717, 1.165) is 22.3 Å². The van der Waals surface area contributed by atoms with Crippen molar-refractivity contribution in [3.05, 3.63) is 48.6 Å². The van der Waals surface area contributed by atoms with Crippen LogP contribution in [-0.4, -0.2) is 25.2 Å². The van der Waals surface area contributed by atoms with E-state index in [-0.39, 0.29) is 24.9 Å². The Hall–Kier alpha value is -2.28. The fourth-order valence-corrected chi connectivity index (χ4v) is 2.01. The lowest BCUT2D eigenvalue weighted by Gasteiger charge is -2.35. The van der Waals surface area contributed by atoms with Gasteiger partial charge in [-0.15, -0.1) is 0 Å². The molecule has 0 saturated heterocycles. The molecule has 0 aromatic heterocycles. The zero-order chi connectivity index (χ0) is 13.7. The van der Waals surface area contributed by atoms with Gasteiger partial charge in [0.05, 0.1) is 13.1 Å². The second kappa shape index (κ2) is 5.87. The quantitative estimate of drug-likeness (QED) is 0.560. The van der Waals surface area contributed by atoms with Crippen LogP contribution in [0.2, 0.25) is 0 Å². The lowest BCUT2D eigenvalue weighted by molar-refractivity contribution is 0.554. The third-order valence-electron chi connectivity index (χ3n) is 3.18. The third kappa shape index (κ3) is 2.51. The molecule has 1 aliphatic rings. The lowest BCUT2D eigenvalue weighted by atomic mass is 9.70. The molecule has 0 spiro atoms. The summed E-state index contributed by atoms with van der Waals surface area (Å²) in [7, 11) is 0. The van der Waals surface area contributed by atoms with Gasteiger partial charge in [-0.2, -0.15) is 0 Å². The molecule has 1 saturated carbocycles. The number of nitrogens with zero attached hydrogens (tertiary/aromatic N) is 2. The summed E-state index contributed by atoms with van der Waals surface area (Å²) >= 11 is 0. The Morgan fingerprint density at radius 1 is 0.778 bits per heavy atom. The van der Waals surface area contributed by atoms with Crippen molar-refractivity contribution in [2.45, 2.75) is 0 Å². The molecule has 0 bridgehead atoms. The Kier molecular flexibility index (Phi) is 4.50. The Morgan fingerprint density at radius 2 is 1.06 bits per heavy atom. The number of isocyanates is 2. The number of hydrogen-bond acceptors (Lipinski definition) is 4. The minimum atomic E-state index is -0.178. The zero-order valence-electron chi connectivity index (χ0n) is 10.1. The highest BCUT2D eigenvalue weighted by Crippen LogP contribution is 2.42. The van der Waals surface area contributed by atoms with E-state index in [1.165, 1.54) is 12.2 Å². The largest absolute Gasteiger partial charge is 0.234 e. The molecule has 0 N–H and O–H groups in total. The van der Waals surface area contributed by atoms with Gasteiger partial charge < -0.3 is 0 Å². The summed E-state index contributed by atoms with van der Waals surface area (Å²) < 4.78 is 0. The summed E-state index contributed by atoms with van der Waals surface area (Å²) in [4.78, 5) is 27.5. The van der Waals surface area contributed by atoms with Gasteiger partial charge in [0.25, 0.3) is 0 Å². The first kappa shape index (κ1) is 13.8. The molecule has 1 fully saturated rings. The van der Waals surface area contributed by atoms with Crippen LogP contribution in [0.5, 0.6) is 0 Å². The van der Waals surface area contributed by atoms with Crippen molar-refractivity contribution in [2.24, 2.45) is 21.8 Å². The fourth-order valence-electron chi connectivity index (χ4n) is 2.01. The summed E-state index contributed by atoms with van der Waals surface area (Å²) in [6, 6.07) is 0. The molecular weight excluding hydrogens is 228 g/mol. The van der Waals surface area contributed by atoms with Gasteiger partial charge in [0, 0.05) is 11.8 Å². The van der Waals surface area contributed by atoms with Crippen LogP contribution in [0.4, 0.5) is 0 Å². The van der Waals surface area contributed by atoms with Crippen LogP contribution >= 0.6 is 0 Å². The molecule has 0 amide bonds. The van der Waals surface area contributed by atoms with Crippen LogP contribution in [0.3, 0.4) is 0 Å². The number of rotatable bonds is 4. The van der Waals surface area contributed by atoms with E-state index < -0.39 is 0 Å². The first-order valence-electron chi connectivity index (χ1n) is 5.37. The average molecular weight is 242 g/mol. The first-order chi connectivity index (χ1) is 8.54. The Morgan fingerprint density at radius 3 is 1.28 bits per heavy atom. The van der Waals surface area contributed by atoms with Gasteiger partial charge in [0.1, 0.15) is 0 Å². The third-order valence-corrected chi connectivity index (χ3v) is 3.18. The maximum atomic E-state index is 10.2. The molecule has 0 heterocycles. The van der Waals surface area contributed by atoms with Crippen molar-refractivity contribution < 1.29 is 9.59 Å². The monoisotopic (exact) mass is 242 g/mol. The van der Waals surface area contributed by atoms with Crippen molar-refractivity contribution in [3.63, 3.8) is 0 Å². The van der Waals surface area contributed by atoms with Gasteiger partial charge in [-0.3, -0.25) is 0 Å². The topological polar surface area (TPSA) is 58.9 Å². The van der Waals surface area contributed by atoms with E-state index in [9.17, 15) is 9.59 Å². The van der Waals surface area contributed by atoms with Gasteiger partial charge in [-0.1, -0.05) is 26.3 Å². The highest BCUT2D eigenvalue weighted by Gasteiger charge is 2.33. The molecule has 1 rings (SSSR count). The molecule has 18 heavy (non-hydrogen) atoms. The Bertz CT molecular complexity index is 442. The van der Waals surface area contributed by atoms with Crippen LogP contribution in [0.1, 0.15) is 0 Å². The van der Waals surface area contributed by atoms with Crippen molar-refractivity contribution in [3.8, 4) is 0 Å². The zero-order valence-corrected chi connectivity index (χ0v) is 10.1. The molecule has 1 aliphatic carbocycles. The van der Waals surface area contributed by atoms with Crippen molar-refractivity contribution in [1.29, 1.82) is 0 Å². The minimum absolute atomic E-state index is 0.178. The lowest BCUT2D eigenvalue weighted by Crippen LogP contribution is -2.27. The summed E-state index contributed by atoms with van der Waals surface area (Å²) in [5, 5.41) is 0. The van der Waals surface area contributed by atoms with Crippen LogP contribution in [0.15, 0.2) is 58.6 Å². The SMILES string of the molecule is C=C1C(=C)C(CN=C=O)C(=C)C(=C)C1CN=C=O. The molecule has 4 nitrogen and oxygen atoms in total. The van der Waals surface area contributed by atoms with E-state index in [1.807, 2.05) is 0 Å². The van der Waals surface area contributed by atoms with Gasteiger partial charge in [-0.25, -0.2) is 19.6 Å². The summed E-state index contributed by atoms with van der Waals surface area (Å²) in [6.45, 7) is 16.2. The second-order valence-corrected chi connectivity index (χ2v) is 4.07. The molecule has 0 aromatic carbocycles. The van der Waals surface area contributed by atoms with E-state index in [1.54, 1.807) is 0 Å². The van der Waals surface area contributed by atoms with Crippen molar-refractivity contribution >= 4 is 12.2 Å². The Labute approximate surface area is 106 Å². The molecule has 0 aromatic rings. The van der Waals surface area contributed by atoms with Crippen LogP contribution < -0.4 is 0 Å². The number of hydrogen-bond donors (Lipinski definition) is 0. The van der Waals surface area contributed by atoms with Crippen LogP contribution in [-0.2, 0) is 9.59 Å². The highest BCUT2D eigenvalue weighted by atomic mass is 16.1. The van der Waals surface area contributed by atoms with E-state index in [4.69, 9.17) is 0 Å². The van der Waals surface area contributed by atoms with E-state index in [0.29, 0.717) is 0 Å². The fraction of sp³-hybridized carbons (Fsp3) is 0.286. The normalized spacial score (nSPS) is 23.3. The molecule has 4 heteroatoms. The highest BCUT2D eigenvalue weighted by molar-refractivity contribution is 5.53. The van der Waals surface area contributed by atoms with Crippen LogP contribution in [0.25, 0.3) is 0 Å². The van der Waals surface area contributed by atoms with E-state index >= 15 is 0 Å². The summed E-state index contributed by atoms with van der Waals surface area (Å²) in [6.07, 6.45) is 2.99. The van der Waals surface area contributed by atoms with Gasteiger partial charge in [-0.05, 0) is 22.3 Å². The smallest absolute Gasteiger partial charge is 0.211 e. The van der Waals surface area contributed by atoms with Crippen LogP contribution in [0, 0.1) is 11.8 Å². The predicted octanol–water partition coefficient (Wildman–Crippen LogP) is 2.13. The minimum Gasteiger partial charge on any atom is -0.211 e. The summed E-state index contributed by atoms with van der Waals surface area (Å²) in [5.41, 5.74) is 2.99. The van der Waals surface area contributed by atoms with Crippen molar-refractivity contribution in [1.82, 2.24) is 0 Å². The standard InChI is InChI=1S/C14H14N2O2/c1-9-10(2)14(6-16-8-18)12(4)11(3)13(9)5-15-7-17/h13-14H,1-6H2. The van der Waals surface area contributed by atoms with E-state index in [2.05, 4.69) is 36.3 Å². The molecule has 92 valence electrons. The number of carbonyl (C=O) groups excluding carboxylic acids is 2. The van der Waals surface area contributed by atoms with Gasteiger partial charge in [0.2, 0.25) is 12.2 Å². The second-order valence-electron chi connectivity index (χ2n) is 4.07. The first-order valence-corrected chi connectivity index (χ1v) is 5.37. The Balaban J connectivity index is 3.02. The maximum absolute atomic E-state index is 10.2. The maximum Gasteiger partial charge on any atom is 0.234 e. The molecule has 0 unspecified atom stereocenters. The molecule has 0 aliphatic heterocycles. The van der Waals surface area contributed by atoms with Gasteiger partial charge in [0.15, 0.2) is 0 Å². The molecular formula is C14H14N2O2. The average Bonchev–Trinajstić information content (AvgIpc) is 2.37. The molecule has 0 radical (unpaired) electrons. The van der Waals surface area contributed by atoms with Crippen molar-refractivity contribution in [2.75, 3.05) is 13.1 Å². The predicted molar refractivity (Wildman–Crippen MR) is 69.5 cm³/mol. The van der Waals surface area contributed by atoms with Gasteiger partial charge >= 0.3 is 0 Å². The molecule has 0 atom stereocenters. The summed E-state index contributed by atoms with van der Waals surface area (Å²) in [5.74, 6) is -0.356. The number of aliphatic imine (C=N–C) groups is 2.